The maximum Gasteiger partial charge on any atom is 0.255 e. The number of anilines is 1. The van der Waals surface area contributed by atoms with Crippen LogP contribution in [-0.4, -0.2) is 47.0 Å². The van der Waals surface area contributed by atoms with Crippen LogP contribution >= 0.6 is 0 Å². The number of carbonyl (C=O) groups is 3. The first-order chi connectivity index (χ1) is 19.4. The monoisotopic (exact) mass is 538 g/mol. The summed E-state index contributed by atoms with van der Waals surface area (Å²) in [4.78, 5) is 39.7. The Kier molecular flexibility index (Phi) is 8.31. The molecule has 0 aliphatic carbocycles. The zero-order valence-electron chi connectivity index (χ0n) is 22.4. The van der Waals surface area contributed by atoms with Crippen LogP contribution in [0.5, 0.6) is 0 Å². The topological polar surface area (TPSA) is 134 Å². The molecule has 1 fully saturated rings. The molecule has 2 aliphatic heterocycles. The number of nitrogens with zero attached hydrogens (tertiary/aromatic N) is 4. The predicted molar refractivity (Wildman–Crippen MR) is 153 cm³/mol. The number of nitrogens with two attached hydrogens (primary N) is 2. The number of carbonyl (C=O) groups excluding carboxylic acids is 3. The van der Waals surface area contributed by atoms with E-state index in [1.54, 1.807) is 0 Å². The van der Waals surface area contributed by atoms with E-state index in [9.17, 15) is 14.4 Å². The van der Waals surface area contributed by atoms with Crippen molar-refractivity contribution in [2.75, 3.05) is 18.8 Å². The van der Waals surface area contributed by atoms with Gasteiger partial charge in [0.05, 0.1) is 11.4 Å². The fraction of sp³-hybridized carbons (Fsp3) is 0.323. The second-order valence-electron chi connectivity index (χ2n) is 10.5. The maximum atomic E-state index is 13.0. The van der Waals surface area contributed by atoms with Gasteiger partial charge in [0.2, 0.25) is 5.91 Å². The van der Waals surface area contributed by atoms with Gasteiger partial charge in [-0.2, -0.15) is 5.11 Å². The molecule has 0 aromatic heterocycles. The van der Waals surface area contributed by atoms with Gasteiger partial charge in [0.1, 0.15) is 18.0 Å². The van der Waals surface area contributed by atoms with Crippen LogP contribution < -0.4 is 11.5 Å². The van der Waals surface area contributed by atoms with E-state index in [0.29, 0.717) is 29.4 Å². The lowest BCUT2D eigenvalue weighted by Gasteiger charge is -2.32. The van der Waals surface area contributed by atoms with Crippen molar-refractivity contribution < 1.29 is 14.4 Å². The number of hydrogen-bond donors (Lipinski definition) is 2. The van der Waals surface area contributed by atoms with E-state index >= 15 is 0 Å². The molecular formula is C31H34N6O3. The predicted octanol–water partition coefficient (Wildman–Crippen LogP) is 4.85. The fourth-order valence-electron chi connectivity index (χ4n) is 5.63. The van der Waals surface area contributed by atoms with E-state index in [-0.39, 0.29) is 18.7 Å². The van der Waals surface area contributed by atoms with E-state index in [1.807, 2.05) is 54.6 Å². The van der Waals surface area contributed by atoms with E-state index in [0.717, 1.165) is 55.6 Å². The van der Waals surface area contributed by atoms with Gasteiger partial charge in [-0.25, -0.2) is 0 Å². The Morgan fingerprint density at radius 1 is 1.02 bits per heavy atom. The summed E-state index contributed by atoms with van der Waals surface area (Å²) < 4.78 is 0. The number of hydrogen-bond acceptors (Lipinski definition) is 7. The molecule has 40 heavy (non-hydrogen) atoms. The van der Waals surface area contributed by atoms with E-state index < -0.39 is 11.9 Å². The van der Waals surface area contributed by atoms with Gasteiger partial charge in [-0.3, -0.25) is 14.5 Å². The Balaban J connectivity index is 1.17. The molecule has 9 heteroatoms. The van der Waals surface area contributed by atoms with Gasteiger partial charge >= 0.3 is 0 Å². The van der Waals surface area contributed by atoms with Gasteiger partial charge in [0, 0.05) is 25.1 Å². The van der Waals surface area contributed by atoms with Crippen molar-refractivity contribution in [3.05, 3.63) is 89.0 Å². The zero-order chi connectivity index (χ0) is 28.1. The molecule has 2 heterocycles. The van der Waals surface area contributed by atoms with Crippen molar-refractivity contribution in [3.8, 4) is 0 Å². The minimum absolute atomic E-state index is 0.188. The first-order valence-corrected chi connectivity index (χ1v) is 13.7. The molecule has 3 aromatic carbocycles. The number of amides is 2. The fourth-order valence-corrected chi connectivity index (χ4v) is 5.63. The van der Waals surface area contributed by atoms with Crippen LogP contribution in [0.1, 0.15) is 58.6 Å². The molecule has 5 rings (SSSR count). The summed E-state index contributed by atoms with van der Waals surface area (Å²) >= 11 is 0. The van der Waals surface area contributed by atoms with Gasteiger partial charge in [-0.05, 0) is 85.3 Å². The van der Waals surface area contributed by atoms with Gasteiger partial charge in [0.15, 0.2) is 0 Å². The summed E-state index contributed by atoms with van der Waals surface area (Å²) in [5.74, 6) is -0.375. The van der Waals surface area contributed by atoms with E-state index in [1.165, 1.54) is 10.5 Å². The molecule has 1 unspecified atom stereocenters. The van der Waals surface area contributed by atoms with Gasteiger partial charge < -0.3 is 21.2 Å². The summed E-state index contributed by atoms with van der Waals surface area (Å²) in [7, 11) is 0. The molecule has 0 saturated carbocycles. The number of primary amides is 1. The number of fused-ring (bicyclic) bond motifs is 1. The van der Waals surface area contributed by atoms with Crippen molar-refractivity contribution in [1.82, 2.24) is 9.80 Å². The molecule has 0 bridgehead atoms. The van der Waals surface area contributed by atoms with Crippen LogP contribution in [0, 0.1) is 0 Å². The first-order valence-electron chi connectivity index (χ1n) is 13.7. The normalized spacial score (nSPS) is 16.8. The maximum absolute atomic E-state index is 13.0. The van der Waals surface area contributed by atoms with Crippen molar-refractivity contribution in [1.29, 1.82) is 0 Å². The Hall–Kier alpha value is -4.37. The smallest absolute Gasteiger partial charge is 0.255 e. The standard InChI is InChI=1S/C31H34N6O3/c32-27-17-21(8-11-28(27)35-34-25-5-2-1-3-6-25)19-36-14-12-22(13-15-36)23-9-10-26-24(18-23)20-37(31(26)40)29(30(33)39)7-4-16-38/h1-3,5-6,8-11,16-18,22,29H,4,7,12-15,19-20,32H2,(H2,33,39). The molecule has 1 atom stereocenters. The third-order valence-corrected chi connectivity index (χ3v) is 7.81. The lowest BCUT2D eigenvalue weighted by Crippen LogP contribution is -2.44. The van der Waals surface area contributed by atoms with Gasteiger partial charge in [-0.1, -0.05) is 36.4 Å². The molecule has 4 N–H and O–H groups in total. The summed E-state index contributed by atoms with van der Waals surface area (Å²) in [6.07, 6.45) is 3.21. The quantitative estimate of drug-likeness (QED) is 0.216. The molecule has 206 valence electrons. The molecule has 3 aromatic rings. The number of piperidine rings is 1. The SMILES string of the molecule is NC(=O)C(CCC=O)N1Cc2cc(C3CCN(Cc4ccc(N=Nc5ccccc5)c(N)c4)CC3)ccc2C1=O. The number of nitrogen functional groups attached to an aromatic ring is 1. The number of benzene rings is 3. The highest BCUT2D eigenvalue weighted by molar-refractivity contribution is 6.01. The Labute approximate surface area is 233 Å². The van der Waals surface area contributed by atoms with Crippen molar-refractivity contribution in [3.63, 3.8) is 0 Å². The minimum atomic E-state index is -0.771. The van der Waals surface area contributed by atoms with Crippen LogP contribution in [0.2, 0.25) is 0 Å². The summed E-state index contributed by atoms with van der Waals surface area (Å²) in [6, 6.07) is 20.8. The Morgan fingerprint density at radius 2 is 1.80 bits per heavy atom. The largest absolute Gasteiger partial charge is 0.397 e. The second-order valence-corrected chi connectivity index (χ2v) is 10.5. The third-order valence-electron chi connectivity index (χ3n) is 7.81. The molecule has 0 spiro atoms. The molecule has 0 radical (unpaired) electrons. The number of azo groups is 1. The average Bonchev–Trinajstić information content (AvgIpc) is 3.28. The number of likely N-dealkylation sites (tertiary alicyclic amines) is 1. The van der Waals surface area contributed by atoms with Gasteiger partial charge in [0.25, 0.3) is 5.91 Å². The summed E-state index contributed by atoms with van der Waals surface area (Å²) in [5, 5.41) is 8.56. The lowest BCUT2D eigenvalue weighted by molar-refractivity contribution is -0.122. The molecule has 2 aliphatic rings. The summed E-state index contributed by atoms with van der Waals surface area (Å²) in [5.41, 5.74) is 17.8. The summed E-state index contributed by atoms with van der Waals surface area (Å²) in [6.45, 7) is 3.07. The third kappa shape index (κ3) is 6.10. The molecular weight excluding hydrogens is 504 g/mol. The minimum Gasteiger partial charge on any atom is -0.397 e. The van der Waals surface area contributed by atoms with Crippen molar-refractivity contribution in [2.24, 2.45) is 16.0 Å². The highest BCUT2D eigenvalue weighted by atomic mass is 16.2. The zero-order valence-corrected chi connectivity index (χ0v) is 22.4. The van der Waals surface area contributed by atoms with Crippen molar-refractivity contribution >= 4 is 35.2 Å². The van der Waals surface area contributed by atoms with Crippen LogP contribution in [-0.2, 0) is 22.7 Å². The highest BCUT2D eigenvalue weighted by Crippen LogP contribution is 2.34. The van der Waals surface area contributed by atoms with Crippen LogP contribution in [0.15, 0.2) is 77.0 Å². The first kappa shape index (κ1) is 27.2. The number of rotatable bonds is 10. The highest BCUT2D eigenvalue weighted by Gasteiger charge is 2.35. The molecule has 1 saturated heterocycles. The van der Waals surface area contributed by atoms with E-state index in [2.05, 4.69) is 27.3 Å². The number of aldehydes is 1. The second kappa shape index (κ2) is 12.2. The Morgan fingerprint density at radius 3 is 2.50 bits per heavy atom. The Bertz CT molecular complexity index is 1420. The van der Waals surface area contributed by atoms with E-state index in [4.69, 9.17) is 11.5 Å². The average molecular weight is 539 g/mol. The molecule has 2 amide bonds. The van der Waals surface area contributed by atoms with Crippen LogP contribution in [0.4, 0.5) is 17.1 Å². The molecule has 9 nitrogen and oxygen atoms in total. The van der Waals surface area contributed by atoms with Crippen LogP contribution in [0.3, 0.4) is 0 Å². The van der Waals surface area contributed by atoms with Crippen LogP contribution in [0.25, 0.3) is 0 Å². The van der Waals surface area contributed by atoms with Crippen molar-refractivity contribution in [2.45, 2.75) is 50.7 Å². The lowest BCUT2D eigenvalue weighted by atomic mass is 9.87. The van der Waals surface area contributed by atoms with Gasteiger partial charge in [-0.15, -0.1) is 5.11 Å².